The molecule has 2 aliphatic heterocycles. The Hall–Kier alpha value is -3.75. The van der Waals surface area contributed by atoms with Gasteiger partial charge in [-0.25, -0.2) is 0 Å². The molecule has 2 fully saturated rings. The van der Waals surface area contributed by atoms with E-state index in [2.05, 4.69) is 4.98 Å². The SMILES string of the molecule is CN1CCN(C(=O)C(F)(F)C(F)(F)C(F)(F)C(=O)N2CCN(c3nc(=O)c4cc(C(F)(F)F)cc([N+](=O)[O-])c4s3)CC2)CC1. The molecular weight excluding hydrogens is 643 g/mol. The highest BCUT2D eigenvalue weighted by Crippen LogP contribution is 2.48. The molecule has 1 aromatic carbocycles. The van der Waals surface area contributed by atoms with Gasteiger partial charge in [-0.1, -0.05) is 11.3 Å². The van der Waals surface area contributed by atoms with Gasteiger partial charge in [0.25, 0.3) is 23.1 Å². The highest BCUT2D eigenvalue weighted by atomic mass is 32.1. The Morgan fingerprint density at radius 3 is 1.77 bits per heavy atom. The van der Waals surface area contributed by atoms with E-state index < -0.39 is 107 Å². The van der Waals surface area contributed by atoms with Crippen LogP contribution in [0.25, 0.3) is 10.1 Å². The van der Waals surface area contributed by atoms with Gasteiger partial charge in [0.1, 0.15) is 4.70 Å². The fourth-order valence-corrected chi connectivity index (χ4v) is 5.67. The third-order valence-electron chi connectivity index (χ3n) is 7.17. The van der Waals surface area contributed by atoms with Crippen LogP contribution in [0, 0.1) is 10.1 Å². The van der Waals surface area contributed by atoms with Gasteiger partial charge in [-0.05, 0) is 13.1 Å². The number of nitrogens with zero attached hydrogens (tertiary/aromatic N) is 6. The first kappa shape index (κ1) is 33.1. The molecule has 0 spiro atoms. The summed E-state index contributed by atoms with van der Waals surface area (Å²) in [5, 5.41) is 10.4. The lowest BCUT2D eigenvalue weighted by atomic mass is 10.0. The van der Waals surface area contributed by atoms with Crippen molar-refractivity contribution in [1.82, 2.24) is 19.7 Å². The molecule has 2 aromatic rings. The van der Waals surface area contributed by atoms with Gasteiger partial charge in [-0.2, -0.15) is 44.5 Å². The predicted molar refractivity (Wildman–Crippen MR) is 135 cm³/mol. The monoisotopic (exact) mass is 664 g/mol. The third-order valence-corrected chi connectivity index (χ3v) is 8.33. The van der Waals surface area contributed by atoms with Crippen LogP contribution in [-0.2, 0) is 15.8 Å². The minimum absolute atomic E-state index is 0.0235. The summed E-state index contributed by atoms with van der Waals surface area (Å²) < 4.78 is 127. The van der Waals surface area contributed by atoms with Crippen LogP contribution in [0.1, 0.15) is 5.56 Å². The lowest BCUT2D eigenvalue weighted by Gasteiger charge is -2.40. The number of non-ortho nitro benzene ring substituents is 1. The Morgan fingerprint density at radius 1 is 0.841 bits per heavy atom. The van der Waals surface area contributed by atoms with Crippen molar-refractivity contribution in [3.63, 3.8) is 0 Å². The Balaban J connectivity index is 1.53. The Kier molecular flexibility index (Phi) is 8.52. The Labute approximate surface area is 244 Å². The number of anilines is 1. The average Bonchev–Trinajstić information content (AvgIpc) is 2.95. The highest BCUT2D eigenvalue weighted by molar-refractivity contribution is 7.22. The van der Waals surface area contributed by atoms with Gasteiger partial charge < -0.3 is 19.6 Å². The van der Waals surface area contributed by atoms with Crippen molar-refractivity contribution in [3.05, 3.63) is 38.2 Å². The van der Waals surface area contributed by atoms with Crippen molar-refractivity contribution in [2.45, 2.75) is 23.9 Å². The maximum Gasteiger partial charge on any atom is 0.416 e. The zero-order chi connectivity index (χ0) is 33.0. The molecule has 0 bridgehead atoms. The smallest absolute Gasteiger partial charge is 0.344 e. The van der Waals surface area contributed by atoms with Crippen molar-refractivity contribution in [2.24, 2.45) is 0 Å². The van der Waals surface area contributed by atoms with Crippen LogP contribution in [0.4, 0.5) is 50.3 Å². The minimum Gasteiger partial charge on any atom is -0.344 e. The number of nitro benzene ring substituents is 1. The van der Waals surface area contributed by atoms with Gasteiger partial charge in [-0.15, -0.1) is 0 Å². The summed E-state index contributed by atoms with van der Waals surface area (Å²) in [5.74, 6) is -23.6. The molecule has 0 N–H and O–H groups in total. The van der Waals surface area contributed by atoms with Crippen molar-refractivity contribution >= 4 is 44.1 Å². The quantitative estimate of drug-likeness (QED) is 0.263. The highest BCUT2D eigenvalue weighted by Gasteiger charge is 2.78. The van der Waals surface area contributed by atoms with E-state index in [1.165, 1.54) is 0 Å². The normalized spacial score (nSPS) is 17.7. The van der Waals surface area contributed by atoms with Crippen molar-refractivity contribution in [2.75, 3.05) is 64.3 Å². The topological polar surface area (TPSA) is 120 Å². The number of benzene rings is 1. The lowest BCUT2D eigenvalue weighted by molar-refractivity contribution is -0.383. The number of amides is 2. The summed E-state index contributed by atoms with van der Waals surface area (Å²) in [4.78, 5) is 54.2. The number of carbonyl (C=O) groups excluding carboxylic acids is 2. The van der Waals surface area contributed by atoms with Crippen LogP contribution >= 0.6 is 11.3 Å². The van der Waals surface area contributed by atoms with Gasteiger partial charge in [0.15, 0.2) is 5.13 Å². The van der Waals surface area contributed by atoms with Crippen LogP contribution in [0.15, 0.2) is 16.9 Å². The van der Waals surface area contributed by atoms with Gasteiger partial charge in [0, 0.05) is 58.4 Å². The van der Waals surface area contributed by atoms with E-state index in [1.807, 2.05) is 0 Å². The van der Waals surface area contributed by atoms with Gasteiger partial charge in [0.2, 0.25) is 0 Å². The van der Waals surface area contributed by atoms with E-state index in [1.54, 1.807) is 11.9 Å². The summed E-state index contributed by atoms with van der Waals surface area (Å²) >= 11 is 0.411. The molecule has 3 heterocycles. The first-order chi connectivity index (χ1) is 20.2. The molecule has 2 amide bonds. The Bertz CT molecular complexity index is 1540. The molecule has 0 atom stereocenters. The number of fused-ring (bicyclic) bond motifs is 1. The van der Waals surface area contributed by atoms with Gasteiger partial charge >= 0.3 is 23.9 Å². The number of rotatable bonds is 6. The zero-order valence-corrected chi connectivity index (χ0v) is 23.2. The summed E-state index contributed by atoms with van der Waals surface area (Å²) in [5.41, 5.74) is -3.83. The van der Waals surface area contributed by atoms with E-state index in [9.17, 15) is 64.0 Å². The molecule has 0 unspecified atom stereocenters. The zero-order valence-electron chi connectivity index (χ0n) is 22.3. The first-order valence-corrected chi connectivity index (χ1v) is 13.4. The molecule has 0 radical (unpaired) electrons. The summed E-state index contributed by atoms with van der Waals surface area (Å²) in [6.45, 7) is -3.41. The number of hydrogen-bond acceptors (Lipinski definition) is 9. The number of halogens is 9. The maximum atomic E-state index is 14.7. The lowest BCUT2D eigenvalue weighted by Crippen LogP contribution is -2.67. The van der Waals surface area contributed by atoms with E-state index in [0.717, 1.165) is 4.90 Å². The molecule has 2 saturated heterocycles. The van der Waals surface area contributed by atoms with Crippen LogP contribution in [0.3, 0.4) is 0 Å². The second-order valence-corrected chi connectivity index (χ2v) is 11.0. The molecular formula is C23H21F9N6O5S. The number of nitro groups is 1. The molecule has 11 nitrogen and oxygen atoms in total. The van der Waals surface area contributed by atoms with Crippen molar-refractivity contribution in [3.8, 4) is 0 Å². The third kappa shape index (κ3) is 5.73. The van der Waals surface area contributed by atoms with E-state index in [4.69, 9.17) is 0 Å². The van der Waals surface area contributed by atoms with E-state index in [0.29, 0.717) is 22.3 Å². The largest absolute Gasteiger partial charge is 0.416 e. The predicted octanol–water partition coefficient (Wildman–Crippen LogP) is 2.91. The van der Waals surface area contributed by atoms with Gasteiger partial charge in [0.05, 0.1) is 15.9 Å². The number of hydrogen-bond donors (Lipinski definition) is 0. The molecule has 2 aliphatic rings. The van der Waals surface area contributed by atoms with Gasteiger partial charge in [-0.3, -0.25) is 24.5 Å². The van der Waals surface area contributed by atoms with E-state index in [-0.39, 0.29) is 29.2 Å². The number of alkyl halides is 9. The van der Waals surface area contributed by atoms with E-state index >= 15 is 0 Å². The molecule has 44 heavy (non-hydrogen) atoms. The molecule has 0 saturated carbocycles. The Morgan fingerprint density at radius 2 is 1.32 bits per heavy atom. The summed E-state index contributed by atoms with van der Waals surface area (Å²) in [6.07, 6.45) is -5.03. The molecule has 1 aromatic heterocycles. The second-order valence-electron chi connectivity index (χ2n) is 10.0. The second kappa shape index (κ2) is 11.3. The minimum atomic E-state index is -6.41. The van der Waals surface area contributed by atoms with Crippen LogP contribution in [0.2, 0.25) is 0 Å². The molecule has 4 rings (SSSR count). The summed E-state index contributed by atoms with van der Waals surface area (Å²) in [7, 11) is 1.56. The number of aromatic nitrogens is 1. The fourth-order valence-electron chi connectivity index (χ4n) is 4.55. The fraction of sp³-hybridized carbons (Fsp3) is 0.565. The molecule has 0 aliphatic carbocycles. The number of carbonyl (C=O) groups is 2. The molecule has 21 heteroatoms. The number of piperazine rings is 2. The van der Waals surface area contributed by atoms with Crippen LogP contribution in [0.5, 0.6) is 0 Å². The number of likely N-dealkylation sites (N-methyl/N-ethyl adjacent to an activating group) is 1. The average molecular weight is 665 g/mol. The van der Waals surface area contributed by atoms with Crippen molar-refractivity contribution in [1.29, 1.82) is 0 Å². The standard InChI is InChI=1S/C23H21F9N6O5S/c1-34-2-4-35(5-3-34)17(40)20(24,25)23(31,32)21(26,27)18(41)36-6-8-37(9-7-36)19-33-16(39)13-10-12(22(28,29)30)11-14(38(42)43)15(13)44-19/h10-11H,2-9H2,1H3. The van der Waals surface area contributed by atoms with Crippen LogP contribution < -0.4 is 10.5 Å². The molecule has 242 valence electrons. The first-order valence-electron chi connectivity index (χ1n) is 12.6. The maximum absolute atomic E-state index is 14.7. The van der Waals surface area contributed by atoms with Crippen LogP contribution in [-0.4, -0.2) is 114 Å². The summed E-state index contributed by atoms with van der Waals surface area (Å²) in [6, 6.07) is 0.590. The van der Waals surface area contributed by atoms with Crippen molar-refractivity contribution < 1.29 is 54.0 Å².